The van der Waals surface area contributed by atoms with Gasteiger partial charge in [-0.05, 0) is 36.0 Å². The summed E-state index contributed by atoms with van der Waals surface area (Å²) in [6.45, 7) is 0. The molecule has 0 spiro atoms. The normalized spacial score (nSPS) is 11.4. The molecule has 0 saturated heterocycles. The van der Waals surface area contributed by atoms with Crippen LogP contribution in [0.2, 0.25) is 0 Å². The van der Waals surface area contributed by atoms with E-state index in [1.54, 1.807) is 12.1 Å². The molecule has 18 heavy (non-hydrogen) atoms. The highest BCUT2D eigenvalue weighted by molar-refractivity contribution is 8.00. The number of alkyl halides is 3. The van der Waals surface area contributed by atoms with Crippen molar-refractivity contribution in [1.82, 2.24) is 0 Å². The number of rotatable bonds is 3. The third-order valence-corrected chi connectivity index (χ3v) is 2.34. The maximum absolute atomic E-state index is 12.0. The van der Waals surface area contributed by atoms with Gasteiger partial charge >= 0.3 is 5.51 Å². The summed E-state index contributed by atoms with van der Waals surface area (Å²) in [5.41, 5.74) is -4.06. The molecule has 0 aliphatic heterocycles. The average Bonchev–Trinajstić information content (AvgIpc) is 2.30. The fourth-order valence-electron chi connectivity index (χ4n) is 0.919. The van der Waals surface area contributed by atoms with Crippen molar-refractivity contribution in [2.24, 2.45) is 10.2 Å². The topological polar surface area (TPSA) is 72.3 Å². The molecule has 0 saturated carbocycles. The van der Waals surface area contributed by atoms with Crippen LogP contribution < -0.4 is 0 Å². The molecule has 0 atom stereocenters. The fourth-order valence-corrected chi connectivity index (χ4v) is 1.46. The summed E-state index contributed by atoms with van der Waals surface area (Å²) in [5.74, 6) is 0. The third kappa shape index (κ3) is 4.85. The second-order valence-corrected chi connectivity index (χ2v) is 4.06. The largest absolute Gasteiger partial charge is 0.446 e. The Balaban J connectivity index is 2.73. The Hall–Kier alpha value is -2.06. The highest BCUT2D eigenvalue weighted by Gasteiger charge is 2.28. The first-order valence-corrected chi connectivity index (χ1v) is 5.32. The fraction of sp³-hybridized carbons (Fsp3) is 0.200. The Morgan fingerprint density at radius 2 is 1.67 bits per heavy atom. The van der Waals surface area contributed by atoms with E-state index >= 15 is 0 Å². The van der Waals surface area contributed by atoms with Gasteiger partial charge in [-0.25, -0.2) is 0 Å². The molecule has 0 radical (unpaired) electrons. The molecular weight excluding hydrogens is 265 g/mol. The Bertz CT molecular complexity index is 496. The van der Waals surface area contributed by atoms with Crippen LogP contribution in [-0.4, -0.2) is 11.6 Å². The van der Waals surface area contributed by atoms with Gasteiger partial charge in [0, 0.05) is 4.90 Å². The number of benzene rings is 1. The Labute approximate surface area is 105 Å². The summed E-state index contributed by atoms with van der Waals surface area (Å²) in [6, 6.07) is 7.08. The van der Waals surface area contributed by atoms with E-state index in [9.17, 15) is 13.2 Å². The molecule has 92 valence electrons. The Morgan fingerprint density at radius 3 is 2.11 bits per heavy atom. The molecule has 8 heteroatoms. The SMILES string of the molecule is N#CC(C#N)N=Nc1ccc(SC(F)(F)F)cc1. The quantitative estimate of drug-likeness (QED) is 0.619. The van der Waals surface area contributed by atoms with E-state index in [0.717, 1.165) is 0 Å². The minimum Gasteiger partial charge on any atom is -0.195 e. The Kier molecular flexibility index (Phi) is 4.69. The molecule has 1 aromatic carbocycles. The number of nitriles is 2. The van der Waals surface area contributed by atoms with Crippen LogP contribution in [0.5, 0.6) is 0 Å². The molecule has 0 amide bonds. The predicted octanol–water partition coefficient (Wildman–Crippen LogP) is 3.80. The van der Waals surface area contributed by atoms with Crippen molar-refractivity contribution in [3.63, 3.8) is 0 Å². The molecule has 0 unspecified atom stereocenters. The highest BCUT2D eigenvalue weighted by atomic mass is 32.2. The standard InChI is InChI=1S/C10H5F3N4S/c11-10(12,13)18-9-3-1-7(2-4-9)16-17-8(5-14)6-15/h1-4,8H. The molecule has 0 aliphatic rings. The van der Waals surface area contributed by atoms with E-state index in [-0.39, 0.29) is 22.3 Å². The molecule has 0 N–H and O–H groups in total. The zero-order valence-electron chi connectivity index (χ0n) is 8.72. The van der Waals surface area contributed by atoms with Crippen molar-refractivity contribution in [2.45, 2.75) is 16.4 Å². The van der Waals surface area contributed by atoms with Crippen LogP contribution in [0.4, 0.5) is 18.9 Å². The molecule has 4 nitrogen and oxygen atoms in total. The molecular formula is C10H5F3N4S. The predicted molar refractivity (Wildman–Crippen MR) is 57.9 cm³/mol. The van der Waals surface area contributed by atoms with Crippen LogP contribution in [-0.2, 0) is 0 Å². The van der Waals surface area contributed by atoms with Crippen molar-refractivity contribution in [3.8, 4) is 12.1 Å². The zero-order valence-corrected chi connectivity index (χ0v) is 9.53. The zero-order chi connectivity index (χ0) is 13.6. The number of thioether (sulfide) groups is 1. The first-order chi connectivity index (χ1) is 8.44. The van der Waals surface area contributed by atoms with E-state index in [2.05, 4.69) is 10.2 Å². The maximum Gasteiger partial charge on any atom is 0.446 e. The van der Waals surface area contributed by atoms with Gasteiger partial charge in [-0.3, -0.25) is 0 Å². The lowest BCUT2D eigenvalue weighted by molar-refractivity contribution is -0.0328. The van der Waals surface area contributed by atoms with E-state index in [1.807, 2.05) is 0 Å². The molecule has 0 aromatic heterocycles. The summed E-state index contributed by atoms with van der Waals surface area (Å²) < 4.78 is 36.1. The lowest BCUT2D eigenvalue weighted by Gasteiger charge is -2.04. The Morgan fingerprint density at radius 1 is 1.11 bits per heavy atom. The first kappa shape index (κ1) is 14.0. The molecule has 1 rings (SSSR count). The van der Waals surface area contributed by atoms with Gasteiger partial charge in [-0.15, -0.1) is 0 Å². The summed E-state index contributed by atoms with van der Waals surface area (Å²) in [6.07, 6.45) is 0. The molecule has 0 bridgehead atoms. The third-order valence-electron chi connectivity index (χ3n) is 1.60. The van der Waals surface area contributed by atoms with Crippen molar-refractivity contribution in [1.29, 1.82) is 10.5 Å². The second-order valence-electron chi connectivity index (χ2n) is 2.92. The molecule has 1 aromatic rings. The number of azo groups is 1. The van der Waals surface area contributed by atoms with Crippen LogP contribution >= 0.6 is 11.8 Å². The van der Waals surface area contributed by atoms with Crippen LogP contribution in [0, 0.1) is 22.7 Å². The van der Waals surface area contributed by atoms with Gasteiger partial charge in [0.2, 0.25) is 6.04 Å². The van der Waals surface area contributed by atoms with Crippen LogP contribution in [0.1, 0.15) is 0 Å². The van der Waals surface area contributed by atoms with Crippen LogP contribution in [0.25, 0.3) is 0 Å². The van der Waals surface area contributed by atoms with E-state index in [0.29, 0.717) is 0 Å². The van der Waals surface area contributed by atoms with Crippen LogP contribution in [0.15, 0.2) is 39.4 Å². The summed E-state index contributed by atoms with van der Waals surface area (Å²) in [5, 5.41) is 23.8. The number of hydrogen-bond donors (Lipinski definition) is 0. The van der Waals surface area contributed by atoms with Crippen molar-refractivity contribution < 1.29 is 13.2 Å². The second kappa shape index (κ2) is 6.03. The minimum absolute atomic E-state index is 0.0265. The van der Waals surface area contributed by atoms with Crippen molar-refractivity contribution >= 4 is 17.4 Å². The van der Waals surface area contributed by atoms with E-state index in [4.69, 9.17) is 10.5 Å². The van der Waals surface area contributed by atoms with Crippen LogP contribution in [0.3, 0.4) is 0 Å². The molecule has 0 fully saturated rings. The van der Waals surface area contributed by atoms with Gasteiger partial charge in [0.15, 0.2) is 0 Å². The van der Waals surface area contributed by atoms with Gasteiger partial charge in [0.25, 0.3) is 0 Å². The lowest BCUT2D eigenvalue weighted by Crippen LogP contribution is -1.98. The maximum atomic E-state index is 12.0. The van der Waals surface area contributed by atoms with E-state index in [1.165, 1.54) is 24.3 Å². The molecule has 0 heterocycles. The smallest absolute Gasteiger partial charge is 0.195 e. The van der Waals surface area contributed by atoms with Gasteiger partial charge in [-0.2, -0.15) is 33.9 Å². The number of halogens is 3. The summed E-state index contributed by atoms with van der Waals surface area (Å²) in [7, 11) is 0. The van der Waals surface area contributed by atoms with Crippen molar-refractivity contribution in [2.75, 3.05) is 0 Å². The number of hydrogen-bond acceptors (Lipinski definition) is 5. The first-order valence-electron chi connectivity index (χ1n) is 4.50. The molecule has 0 aliphatic carbocycles. The highest BCUT2D eigenvalue weighted by Crippen LogP contribution is 2.37. The average molecular weight is 270 g/mol. The summed E-state index contributed by atoms with van der Waals surface area (Å²) in [4.78, 5) is 0.0265. The van der Waals surface area contributed by atoms with Gasteiger partial charge in [-0.1, -0.05) is 0 Å². The monoisotopic (exact) mass is 270 g/mol. The van der Waals surface area contributed by atoms with E-state index < -0.39 is 11.6 Å². The summed E-state index contributed by atoms with van der Waals surface area (Å²) >= 11 is -0.234. The lowest BCUT2D eigenvalue weighted by atomic mass is 10.3. The van der Waals surface area contributed by atoms with Crippen molar-refractivity contribution in [3.05, 3.63) is 24.3 Å². The van der Waals surface area contributed by atoms with Gasteiger partial charge in [0.05, 0.1) is 5.69 Å². The van der Waals surface area contributed by atoms with Gasteiger partial charge < -0.3 is 0 Å². The minimum atomic E-state index is -4.34. The van der Waals surface area contributed by atoms with Gasteiger partial charge in [0.1, 0.15) is 12.1 Å². The number of nitrogens with zero attached hydrogens (tertiary/aromatic N) is 4.